The van der Waals surface area contributed by atoms with E-state index in [1.165, 1.54) is 0 Å². The Morgan fingerprint density at radius 1 is 1.47 bits per heavy atom. The predicted molar refractivity (Wildman–Crippen MR) is 70.0 cm³/mol. The van der Waals surface area contributed by atoms with E-state index >= 15 is 0 Å². The van der Waals surface area contributed by atoms with Gasteiger partial charge in [0.2, 0.25) is 11.8 Å². The molecule has 0 aromatic carbocycles. The molecule has 19 heavy (non-hydrogen) atoms. The Hall–Kier alpha value is -1.79. The normalized spacial score (nSPS) is 27.7. The molecule has 0 radical (unpaired) electrons. The molecule has 2 fully saturated rings. The fourth-order valence-electron chi connectivity index (χ4n) is 3.00. The van der Waals surface area contributed by atoms with Crippen molar-refractivity contribution >= 4 is 17.8 Å². The standard InChI is InChI=1S/C12H21N5O2/c13-9(18)8-6-12(3-4-12)7(10(19)17-8)2-1-5-16-11(14)15/h7-8H,1-6H2,(H2,13,18)(H,17,19)(H4,14,15,16)/t7-,8+/m0/s1. The molecule has 2 aliphatic rings. The first-order chi connectivity index (χ1) is 8.94. The lowest BCUT2D eigenvalue weighted by Gasteiger charge is -2.35. The number of hydrogen-bond donors (Lipinski definition) is 5. The molecule has 7 nitrogen and oxygen atoms in total. The van der Waals surface area contributed by atoms with Crippen molar-refractivity contribution in [3.63, 3.8) is 0 Å². The van der Waals surface area contributed by atoms with Gasteiger partial charge in [0.25, 0.3) is 0 Å². The van der Waals surface area contributed by atoms with E-state index < -0.39 is 11.9 Å². The fourth-order valence-corrected chi connectivity index (χ4v) is 3.00. The number of carbonyl (C=O) groups excluding carboxylic acids is 2. The first-order valence-electron chi connectivity index (χ1n) is 6.62. The molecular weight excluding hydrogens is 246 g/mol. The Morgan fingerprint density at radius 2 is 2.16 bits per heavy atom. The van der Waals surface area contributed by atoms with Crippen LogP contribution < -0.4 is 22.1 Å². The second-order valence-corrected chi connectivity index (χ2v) is 5.57. The number of nitrogens with two attached hydrogens (primary N) is 2. The van der Waals surface area contributed by atoms with Crippen molar-refractivity contribution in [2.75, 3.05) is 6.54 Å². The molecule has 2 atom stereocenters. The summed E-state index contributed by atoms with van der Waals surface area (Å²) >= 11 is 0. The molecule has 0 unspecified atom stereocenters. The van der Waals surface area contributed by atoms with Gasteiger partial charge in [0.15, 0.2) is 5.96 Å². The molecule has 2 rings (SSSR count). The van der Waals surface area contributed by atoms with Crippen molar-refractivity contribution in [1.82, 2.24) is 10.6 Å². The van der Waals surface area contributed by atoms with E-state index in [-0.39, 0.29) is 23.2 Å². The van der Waals surface area contributed by atoms with Gasteiger partial charge in [-0.05, 0) is 37.5 Å². The Labute approximate surface area is 112 Å². The molecule has 7 heteroatoms. The maximum absolute atomic E-state index is 12.1. The summed E-state index contributed by atoms with van der Waals surface area (Å²) in [4.78, 5) is 23.3. The van der Waals surface area contributed by atoms with Crippen molar-refractivity contribution in [1.29, 1.82) is 5.41 Å². The highest BCUT2D eigenvalue weighted by Gasteiger charge is 2.56. The lowest BCUT2D eigenvalue weighted by Crippen LogP contribution is -2.54. The zero-order valence-electron chi connectivity index (χ0n) is 10.9. The SMILES string of the molecule is N=C(N)NCCC[C@H]1C(=O)N[C@@H](C(N)=O)CC12CC2. The van der Waals surface area contributed by atoms with E-state index in [9.17, 15) is 9.59 Å². The third-order valence-corrected chi connectivity index (χ3v) is 4.20. The number of hydrogen-bond acceptors (Lipinski definition) is 3. The van der Waals surface area contributed by atoms with E-state index in [4.69, 9.17) is 16.9 Å². The van der Waals surface area contributed by atoms with Crippen molar-refractivity contribution in [2.45, 2.75) is 38.1 Å². The molecule has 0 bridgehead atoms. The third kappa shape index (κ3) is 2.97. The van der Waals surface area contributed by atoms with Crippen LogP contribution in [0.2, 0.25) is 0 Å². The van der Waals surface area contributed by atoms with Crippen LogP contribution in [-0.4, -0.2) is 30.4 Å². The van der Waals surface area contributed by atoms with Gasteiger partial charge >= 0.3 is 0 Å². The van der Waals surface area contributed by atoms with E-state index in [1.807, 2.05) is 0 Å². The first-order valence-corrected chi connectivity index (χ1v) is 6.62. The number of guanidine groups is 1. The monoisotopic (exact) mass is 267 g/mol. The summed E-state index contributed by atoms with van der Waals surface area (Å²) in [5.41, 5.74) is 10.5. The molecular formula is C12H21N5O2. The molecule has 1 spiro atoms. The molecule has 7 N–H and O–H groups in total. The van der Waals surface area contributed by atoms with Crippen LogP contribution in [0.25, 0.3) is 0 Å². The van der Waals surface area contributed by atoms with E-state index in [0.717, 1.165) is 25.7 Å². The smallest absolute Gasteiger partial charge is 0.240 e. The first kappa shape index (κ1) is 13.6. The van der Waals surface area contributed by atoms with Crippen LogP contribution in [0.5, 0.6) is 0 Å². The van der Waals surface area contributed by atoms with Crippen LogP contribution in [0, 0.1) is 16.7 Å². The summed E-state index contributed by atoms with van der Waals surface area (Å²) in [6.45, 7) is 0.592. The zero-order chi connectivity index (χ0) is 14.0. The van der Waals surface area contributed by atoms with Gasteiger partial charge in [-0.25, -0.2) is 0 Å². The Kier molecular flexibility index (Phi) is 3.64. The summed E-state index contributed by atoms with van der Waals surface area (Å²) in [5, 5.41) is 12.5. The molecule has 1 heterocycles. The minimum atomic E-state index is -0.512. The van der Waals surface area contributed by atoms with Gasteiger partial charge in [-0.15, -0.1) is 0 Å². The van der Waals surface area contributed by atoms with E-state index in [2.05, 4.69) is 10.6 Å². The summed E-state index contributed by atoms with van der Waals surface area (Å²) in [7, 11) is 0. The molecule has 1 aliphatic carbocycles. The van der Waals surface area contributed by atoms with Crippen molar-refractivity contribution < 1.29 is 9.59 Å². The maximum Gasteiger partial charge on any atom is 0.240 e. The van der Waals surface area contributed by atoms with Gasteiger partial charge in [0, 0.05) is 12.5 Å². The quantitative estimate of drug-likeness (QED) is 0.248. The van der Waals surface area contributed by atoms with Crippen LogP contribution >= 0.6 is 0 Å². The summed E-state index contributed by atoms with van der Waals surface area (Å²) in [5.74, 6) is -0.605. The van der Waals surface area contributed by atoms with Crippen molar-refractivity contribution in [2.24, 2.45) is 22.8 Å². The van der Waals surface area contributed by atoms with Crippen LogP contribution in [0.15, 0.2) is 0 Å². The molecule has 1 aliphatic heterocycles. The van der Waals surface area contributed by atoms with Gasteiger partial charge < -0.3 is 22.1 Å². The van der Waals surface area contributed by atoms with E-state index in [1.54, 1.807) is 0 Å². The van der Waals surface area contributed by atoms with Gasteiger partial charge in [-0.1, -0.05) is 0 Å². The topological polar surface area (TPSA) is 134 Å². The Morgan fingerprint density at radius 3 is 2.68 bits per heavy atom. The second kappa shape index (κ2) is 5.07. The number of piperidine rings is 1. The van der Waals surface area contributed by atoms with Crippen molar-refractivity contribution in [3.05, 3.63) is 0 Å². The number of amides is 2. The Bertz CT molecular complexity index is 405. The summed E-state index contributed by atoms with van der Waals surface area (Å²) in [6, 6.07) is -0.512. The number of rotatable bonds is 5. The van der Waals surface area contributed by atoms with Crippen molar-refractivity contribution in [3.8, 4) is 0 Å². The molecule has 2 amide bonds. The number of carbonyl (C=O) groups is 2. The average Bonchev–Trinajstić information content (AvgIpc) is 3.06. The minimum Gasteiger partial charge on any atom is -0.370 e. The maximum atomic E-state index is 12.1. The number of nitrogens with one attached hydrogen (secondary N) is 3. The zero-order valence-corrected chi connectivity index (χ0v) is 10.9. The highest BCUT2D eigenvalue weighted by molar-refractivity contribution is 5.89. The summed E-state index contributed by atoms with van der Waals surface area (Å²) in [6.07, 6.45) is 4.18. The largest absolute Gasteiger partial charge is 0.370 e. The molecule has 106 valence electrons. The Balaban J connectivity index is 1.89. The lowest BCUT2D eigenvalue weighted by atomic mass is 9.76. The lowest BCUT2D eigenvalue weighted by molar-refractivity contribution is -0.136. The van der Waals surface area contributed by atoms with E-state index in [0.29, 0.717) is 13.0 Å². The summed E-state index contributed by atoms with van der Waals surface area (Å²) < 4.78 is 0. The molecule has 0 aromatic rings. The highest BCUT2D eigenvalue weighted by Crippen LogP contribution is 2.58. The van der Waals surface area contributed by atoms with Gasteiger partial charge in [-0.2, -0.15) is 0 Å². The van der Waals surface area contributed by atoms with Gasteiger partial charge in [0.05, 0.1) is 0 Å². The highest BCUT2D eigenvalue weighted by atomic mass is 16.2. The average molecular weight is 267 g/mol. The van der Waals surface area contributed by atoms with Crippen LogP contribution in [0.3, 0.4) is 0 Å². The minimum absolute atomic E-state index is 0.0156. The third-order valence-electron chi connectivity index (χ3n) is 4.20. The molecule has 1 saturated heterocycles. The molecule has 0 aromatic heterocycles. The predicted octanol–water partition coefficient (Wildman–Crippen LogP) is -0.980. The van der Waals surface area contributed by atoms with Crippen LogP contribution in [0.4, 0.5) is 0 Å². The fraction of sp³-hybridized carbons (Fsp3) is 0.750. The second-order valence-electron chi connectivity index (χ2n) is 5.57. The molecule has 1 saturated carbocycles. The number of primary amides is 1. The van der Waals surface area contributed by atoms with Gasteiger partial charge in [-0.3, -0.25) is 15.0 Å². The van der Waals surface area contributed by atoms with Crippen LogP contribution in [0.1, 0.15) is 32.1 Å². The van der Waals surface area contributed by atoms with Crippen LogP contribution in [-0.2, 0) is 9.59 Å². The van der Waals surface area contributed by atoms with Gasteiger partial charge in [0.1, 0.15) is 6.04 Å².